The summed E-state index contributed by atoms with van der Waals surface area (Å²) >= 11 is 0. The Hall–Kier alpha value is -2.74. The maximum Gasteiger partial charge on any atom is 0.339 e. The maximum absolute atomic E-state index is 11.1. The normalized spacial score (nSPS) is 9.95. The van der Waals surface area contributed by atoms with Crippen molar-refractivity contribution in [1.82, 2.24) is 0 Å². The van der Waals surface area contributed by atoms with Gasteiger partial charge in [0, 0.05) is 6.07 Å². The number of aromatic carboxylic acids is 1. The molecule has 1 aromatic heterocycles. The van der Waals surface area contributed by atoms with Crippen LogP contribution in [0.25, 0.3) is 0 Å². The van der Waals surface area contributed by atoms with E-state index < -0.39 is 16.3 Å². The third-order valence-corrected chi connectivity index (χ3v) is 3.13. The van der Waals surface area contributed by atoms with Gasteiger partial charge in [0.05, 0.1) is 13.4 Å². The molecule has 0 unspecified atom stereocenters. The van der Waals surface area contributed by atoms with Gasteiger partial charge >= 0.3 is 5.97 Å². The van der Waals surface area contributed by atoms with E-state index in [1.807, 2.05) is 0 Å². The highest BCUT2D eigenvalue weighted by Gasteiger charge is 2.16. The molecule has 0 aliphatic rings. The molecule has 0 bridgehead atoms. The predicted octanol–water partition coefficient (Wildman–Crippen LogP) is 2.19. The highest BCUT2D eigenvalue weighted by Crippen LogP contribution is 2.34. The number of para-hydroxylation sites is 1. The molecule has 0 spiro atoms. The number of hydrogen-bond donors (Lipinski definition) is 1. The van der Waals surface area contributed by atoms with E-state index in [0.717, 1.165) is 12.3 Å². The van der Waals surface area contributed by atoms with E-state index in [-0.39, 0.29) is 27.5 Å². The zero-order chi connectivity index (χ0) is 15.4. The Kier molecular flexibility index (Phi) is 4.29. The van der Waals surface area contributed by atoms with Crippen LogP contribution in [-0.4, -0.2) is 26.6 Å². The zero-order valence-corrected chi connectivity index (χ0v) is 11.6. The lowest BCUT2D eigenvalue weighted by molar-refractivity contribution is 0.0692. The number of hydrogen-bond acceptors (Lipinski definition) is 6. The van der Waals surface area contributed by atoms with Crippen molar-refractivity contribution >= 4 is 16.3 Å². The largest absolute Gasteiger partial charge is 0.492 e. The maximum atomic E-state index is 11.1. The van der Waals surface area contributed by atoms with Crippen LogP contribution in [0, 0.1) is 4.51 Å². The molecule has 21 heavy (non-hydrogen) atoms. The first kappa shape index (κ1) is 14.7. The number of ether oxygens (including phenoxy) is 2. The first-order valence-corrected chi connectivity index (χ1v) is 6.69. The van der Waals surface area contributed by atoms with Crippen molar-refractivity contribution in [2.45, 2.75) is 0 Å². The van der Waals surface area contributed by atoms with Gasteiger partial charge in [0.25, 0.3) is 5.95 Å². The number of carboxylic acids is 1. The van der Waals surface area contributed by atoms with E-state index in [2.05, 4.69) is 0 Å². The highest BCUT2D eigenvalue weighted by atomic mass is 32.2. The average Bonchev–Trinajstić information content (AvgIpc) is 2.47. The molecular formula is C13H10O7S. The lowest BCUT2D eigenvalue weighted by Gasteiger charge is -2.11. The van der Waals surface area contributed by atoms with Gasteiger partial charge in [-0.1, -0.05) is 6.07 Å². The minimum absolute atomic E-state index is 0.00819. The van der Waals surface area contributed by atoms with E-state index in [4.69, 9.17) is 19.0 Å². The summed E-state index contributed by atoms with van der Waals surface area (Å²) in [6.45, 7) is 0. The Morgan fingerprint density at radius 3 is 2.67 bits per heavy atom. The molecule has 0 atom stereocenters. The molecule has 2 rings (SSSR count). The van der Waals surface area contributed by atoms with Gasteiger partial charge in [-0.3, -0.25) is 0 Å². The molecule has 0 amide bonds. The molecule has 2 aromatic rings. The molecule has 1 heterocycles. The van der Waals surface area contributed by atoms with Crippen LogP contribution in [0.3, 0.4) is 0 Å². The Bertz CT molecular complexity index is 841. The van der Waals surface area contributed by atoms with E-state index >= 15 is 0 Å². The van der Waals surface area contributed by atoms with E-state index in [0.29, 0.717) is 0 Å². The Morgan fingerprint density at radius 2 is 2.05 bits per heavy atom. The minimum atomic E-state index is -2.43. The summed E-state index contributed by atoms with van der Waals surface area (Å²) in [5.74, 6) is -1.19. The van der Waals surface area contributed by atoms with Crippen molar-refractivity contribution in [2.24, 2.45) is 0 Å². The van der Waals surface area contributed by atoms with Crippen LogP contribution in [0.5, 0.6) is 17.4 Å². The van der Waals surface area contributed by atoms with Gasteiger partial charge in [-0.05, 0) is 18.2 Å². The molecule has 0 fully saturated rings. The summed E-state index contributed by atoms with van der Waals surface area (Å²) in [5.41, 5.74) is -0.0847. The standard InChI is InChI=1S/C13H10O7S/c1-18-12-9(13(14)15)3-2-4-10(12)20-11-7-8(21(16)17)5-6-19-11/h2-7H,1H3,(H,14,15). The highest BCUT2D eigenvalue weighted by molar-refractivity contribution is 7.63. The predicted molar refractivity (Wildman–Crippen MR) is 70.9 cm³/mol. The lowest BCUT2D eigenvalue weighted by Crippen LogP contribution is -2.01. The van der Waals surface area contributed by atoms with Crippen molar-refractivity contribution in [2.75, 3.05) is 7.11 Å². The summed E-state index contributed by atoms with van der Waals surface area (Å²) in [4.78, 5) is 11.1. The molecule has 1 N–H and O–H groups in total. The van der Waals surface area contributed by atoms with Crippen LogP contribution in [-0.2, 0) is 10.3 Å². The zero-order valence-electron chi connectivity index (χ0n) is 10.8. The van der Waals surface area contributed by atoms with Crippen LogP contribution in [0.15, 0.2) is 41.0 Å². The molecule has 8 heteroatoms. The van der Waals surface area contributed by atoms with Crippen LogP contribution < -0.4 is 9.47 Å². The van der Waals surface area contributed by atoms with Gasteiger partial charge < -0.3 is 19.0 Å². The van der Waals surface area contributed by atoms with E-state index in [1.54, 1.807) is 0 Å². The lowest BCUT2D eigenvalue weighted by atomic mass is 10.2. The van der Waals surface area contributed by atoms with Crippen molar-refractivity contribution in [3.63, 3.8) is 0 Å². The van der Waals surface area contributed by atoms with Crippen LogP contribution in [0.4, 0.5) is 0 Å². The second kappa shape index (κ2) is 6.14. The summed E-state index contributed by atoms with van der Waals surface area (Å²) < 4.78 is 37.1. The fourth-order valence-electron chi connectivity index (χ4n) is 1.61. The number of carboxylic acid groups (broad SMARTS) is 1. The molecule has 7 nitrogen and oxygen atoms in total. The smallest absolute Gasteiger partial charge is 0.339 e. The van der Waals surface area contributed by atoms with Gasteiger partial charge in [0.15, 0.2) is 11.5 Å². The van der Waals surface area contributed by atoms with Crippen LogP contribution in [0.1, 0.15) is 10.4 Å². The second-order valence-electron chi connectivity index (χ2n) is 3.77. The molecule has 0 radical (unpaired) electrons. The topological polar surface area (TPSA) is 103 Å². The quantitative estimate of drug-likeness (QED) is 0.863. The summed E-state index contributed by atoms with van der Waals surface area (Å²) in [7, 11) is -1.13. The third-order valence-electron chi connectivity index (χ3n) is 2.49. The first-order chi connectivity index (χ1) is 10.0. The van der Waals surface area contributed by atoms with Gasteiger partial charge in [-0.2, -0.15) is 8.42 Å². The summed E-state index contributed by atoms with van der Waals surface area (Å²) in [6.07, 6.45) is 1.15. The fourth-order valence-corrected chi connectivity index (χ4v) is 1.97. The van der Waals surface area contributed by atoms with E-state index in [9.17, 15) is 13.2 Å². The molecular weight excluding hydrogens is 300 g/mol. The molecule has 110 valence electrons. The Balaban J connectivity index is 2.50. The van der Waals surface area contributed by atoms with Crippen molar-refractivity contribution in [3.05, 3.63) is 46.7 Å². The molecule has 0 aliphatic carbocycles. The molecule has 0 saturated heterocycles. The molecule has 0 aliphatic heterocycles. The van der Waals surface area contributed by atoms with E-state index in [1.165, 1.54) is 31.4 Å². The average molecular weight is 310 g/mol. The summed E-state index contributed by atoms with van der Waals surface area (Å²) in [6, 6.07) is 6.71. The monoisotopic (exact) mass is 310 g/mol. The minimum Gasteiger partial charge on any atom is -0.492 e. The molecule has 1 aromatic carbocycles. The Morgan fingerprint density at radius 1 is 1.29 bits per heavy atom. The number of benzene rings is 1. The Labute approximate surface area is 120 Å². The van der Waals surface area contributed by atoms with Crippen molar-refractivity contribution < 1.29 is 32.2 Å². The van der Waals surface area contributed by atoms with Crippen LogP contribution >= 0.6 is 0 Å². The summed E-state index contributed by atoms with van der Waals surface area (Å²) in [5, 5.41) is 9.06. The SMILES string of the molecule is COc1c(Oc2cc(=S(=O)=O)cco2)cccc1C(=O)O. The number of carbonyl (C=O) groups is 1. The van der Waals surface area contributed by atoms with Gasteiger partial charge in [-0.15, -0.1) is 0 Å². The third kappa shape index (κ3) is 3.23. The number of methoxy groups -OCH3 is 1. The van der Waals surface area contributed by atoms with Gasteiger partial charge in [0.2, 0.25) is 10.3 Å². The number of rotatable bonds is 4. The van der Waals surface area contributed by atoms with Crippen LogP contribution in [0.2, 0.25) is 0 Å². The fraction of sp³-hybridized carbons (Fsp3) is 0.0769. The molecule has 0 saturated carbocycles. The van der Waals surface area contributed by atoms with Crippen molar-refractivity contribution in [3.8, 4) is 17.4 Å². The first-order valence-electron chi connectivity index (χ1n) is 5.62. The van der Waals surface area contributed by atoms with Gasteiger partial charge in [0.1, 0.15) is 10.1 Å². The second-order valence-corrected chi connectivity index (χ2v) is 4.71. The van der Waals surface area contributed by atoms with Crippen molar-refractivity contribution in [1.29, 1.82) is 0 Å². The van der Waals surface area contributed by atoms with Gasteiger partial charge in [-0.25, -0.2) is 4.79 Å².